The second-order valence-electron chi connectivity index (χ2n) is 2.30. The van der Waals surface area contributed by atoms with Crippen LogP contribution in [0.4, 0.5) is 0 Å². The molecule has 2 aromatic heterocycles. The van der Waals surface area contributed by atoms with Crippen LogP contribution in [-0.2, 0) is 6.54 Å². The van der Waals surface area contributed by atoms with Gasteiger partial charge in [-0.3, -0.25) is 4.68 Å². The largest absolute Gasteiger partial charge is 0.264 e. The fraction of sp³-hybridized carbons (Fsp3) is 0.167. The van der Waals surface area contributed by atoms with Crippen LogP contribution in [0.25, 0.3) is 0 Å². The summed E-state index contributed by atoms with van der Waals surface area (Å²) in [6.45, 7) is 0.553. The first-order valence-corrected chi connectivity index (χ1v) is 4.97. The molecule has 68 valence electrons. The average Bonchev–Trinajstić information content (AvgIpc) is 2.62. The van der Waals surface area contributed by atoms with Gasteiger partial charge in [0.15, 0.2) is 0 Å². The van der Waals surface area contributed by atoms with Gasteiger partial charge in [0.2, 0.25) is 4.47 Å². The van der Waals surface area contributed by atoms with Crippen molar-refractivity contribution in [3.05, 3.63) is 26.9 Å². The lowest BCUT2D eigenvalue weighted by Crippen LogP contribution is -1.98. The predicted molar refractivity (Wildman–Crippen MR) is 51.3 cm³/mol. The Bertz CT molecular complexity index is 372. The van der Waals surface area contributed by atoms with Crippen molar-refractivity contribution in [3.63, 3.8) is 0 Å². The summed E-state index contributed by atoms with van der Waals surface area (Å²) >= 11 is 12.6. The molecule has 13 heavy (non-hydrogen) atoms. The molecule has 0 spiro atoms. The Morgan fingerprint density at radius 2 is 2.23 bits per heavy atom. The fourth-order valence-electron chi connectivity index (χ4n) is 0.860. The molecule has 0 atom stereocenters. The molecule has 2 rings (SSSR count). The van der Waals surface area contributed by atoms with Gasteiger partial charge in [-0.25, -0.2) is 0 Å². The molecule has 2 heterocycles. The van der Waals surface area contributed by atoms with Crippen LogP contribution in [0.3, 0.4) is 0 Å². The molecule has 0 fully saturated rings. The number of aromatic nitrogens is 4. The average molecular weight is 235 g/mol. The number of hydrogen-bond acceptors (Lipinski definition) is 4. The predicted octanol–water partition coefficient (Wildman–Crippen LogP) is 2.09. The van der Waals surface area contributed by atoms with E-state index in [1.54, 1.807) is 17.1 Å². The Kier molecular flexibility index (Phi) is 2.48. The molecule has 0 amide bonds. The SMILES string of the molecule is Clc1cnn(Cc2nnc(Cl)s2)c1. The molecule has 0 unspecified atom stereocenters. The normalized spacial score (nSPS) is 10.6. The summed E-state index contributed by atoms with van der Waals surface area (Å²) in [5, 5.41) is 13.0. The zero-order valence-corrected chi connectivity index (χ0v) is 8.64. The van der Waals surface area contributed by atoms with E-state index in [4.69, 9.17) is 23.2 Å². The zero-order valence-electron chi connectivity index (χ0n) is 6.31. The highest BCUT2D eigenvalue weighted by molar-refractivity contribution is 7.15. The molecule has 0 aliphatic carbocycles. The third-order valence-corrected chi connectivity index (χ3v) is 2.54. The van der Waals surface area contributed by atoms with Crippen LogP contribution in [0.2, 0.25) is 9.49 Å². The summed E-state index contributed by atoms with van der Waals surface area (Å²) in [4.78, 5) is 0. The second-order valence-corrected chi connectivity index (χ2v) is 4.39. The molecule has 7 heteroatoms. The van der Waals surface area contributed by atoms with Gasteiger partial charge < -0.3 is 0 Å². The maximum atomic E-state index is 5.69. The molecule has 0 saturated heterocycles. The molecular weight excluding hydrogens is 231 g/mol. The third-order valence-electron chi connectivity index (χ3n) is 1.34. The highest BCUT2D eigenvalue weighted by Gasteiger charge is 2.03. The van der Waals surface area contributed by atoms with Gasteiger partial charge in [-0.2, -0.15) is 5.10 Å². The Labute approximate surface area is 88.1 Å². The number of rotatable bonds is 2. The van der Waals surface area contributed by atoms with E-state index in [0.717, 1.165) is 5.01 Å². The van der Waals surface area contributed by atoms with Gasteiger partial charge in [0.25, 0.3) is 0 Å². The van der Waals surface area contributed by atoms with Gasteiger partial charge in [0.05, 0.1) is 17.8 Å². The smallest absolute Gasteiger partial charge is 0.207 e. The van der Waals surface area contributed by atoms with Gasteiger partial charge in [-0.1, -0.05) is 22.9 Å². The fourth-order valence-corrected chi connectivity index (χ4v) is 1.88. The monoisotopic (exact) mass is 234 g/mol. The van der Waals surface area contributed by atoms with Gasteiger partial charge in [-0.15, -0.1) is 10.2 Å². The maximum Gasteiger partial charge on any atom is 0.207 e. The van der Waals surface area contributed by atoms with Crippen molar-refractivity contribution < 1.29 is 0 Å². The van der Waals surface area contributed by atoms with Crippen molar-refractivity contribution in [1.29, 1.82) is 0 Å². The molecule has 0 aliphatic rings. The molecule has 0 aliphatic heterocycles. The highest BCUT2D eigenvalue weighted by Crippen LogP contribution is 2.16. The van der Waals surface area contributed by atoms with E-state index >= 15 is 0 Å². The minimum Gasteiger partial charge on any atom is -0.264 e. The number of hydrogen-bond donors (Lipinski definition) is 0. The summed E-state index contributed by atoms with van der Waals surface area (Å²) < 4.78 is 2.12. The Morgan fingerprint density at radius 1 is 1.38 bits per heavy atom. The summed E-state index contributed by atoms with van der Waals surface area (Å²) in [6.07, 6.45) is 3.29. The van der Waals surface area contributed by atoms with Gasteiger partial charge in [0.1, 0.15) is 5.01 Å². The van der Waals surface area contributed by atoms with Gasteiger partial charge in [-0.05, 0) is 11.6 Å². The van der Waals surface area contributed by atoms with Crippen molar-refractivity contribution in [2.45, 2.75) is 6.54 Å². The van der Waals surface area contributed by atoms with Crippen molar-refractivity contribution in [2.24, 2.45) is 0 Å². The van der Waals surface area contributed by atoms with Crippen molar-refractivity contribution in [1.82, 2.24) is 20.0 Å². The van der Waals surface area contributed by atoms with Gasteiger partial charge >= 0.3 is 0 Å². The summed E-state index contributed by atoms with van der Waals surface area (Å²) in [7, 11) is 0. The molecule has 0 aromatic carbocycles. The van der Waals surface area contributed by atoms with E-state index < -0.39 is 0 Å². The van der Waals surface area contributed by atoms with E-state index in [1.165, 1.54) is 11.3 Å². The summed E-state index contributed by atoms with van der Waals surface area (Å²) in [5.41, 5.74) is 0. The molecule has 0 saturated carbocycles. The summed E-state index contributed by atoms with van der Waals surface area (Å²) in [5.74, 6) is 0. The Balaban J connectivity index is 2.14. The molecule has 2 aromatic rings. The van der Waals surface area contributed by atoms with E-state index in [2.05, 4.69) is 15.3 Å². The van der Waals surface area contributed by atoms with E-state index in [9.17, 15) is 0 Å². The Morgan fingerprint density at radius 3 is 2.77 bits per heavy atom. The molecule has 4 nitrogen and oxygen atoms in total. The number of nitrogens with zero attached hydrogens (tertiary/aromatic N) is 4. The lowest BCUT2D eigenvalue weighted by Gasteiger charge is -1.93. The molecule has 0 N–H and O–H groups in total. The lowest BCUT2D eigenvalue weighted by atomic mass is 10.7. The van der Waals surface area contributed by atoms with Crippen LogP contribution in [-0.4, -0.2) is 20.0 Å². The second kappa shape index (κ2) is 3.61. The van der Waals surface area contributed by atoms with Crippen LogP contribution in [0.1, 0.15) is 5.01 Å². The Hall–Kier alpha value is -0.650. The quantitative estimate of drug-likeness (QED) is 0.800. The topological polar surface area (TPSA) is 43.6 Å². The lowest BCUT2D eigenvalue weighted by molar-refractivity contribution is 0.677. The first-order valence-electron chi connectivity index (χ1n) is 3.40. The van der Waals surface area contributed by atoms with Crippen molar-refractivity contribution in [3.8, 4) is 0 Å². The standard InChI is InChI=1S/C6H4Cl2N4S/c7-4-1-9-12(2-4)3-5-10-11-6(8)13-5/h1-2H,3H2. The highest BCUT2D eigenvalue weighted by atomic mass is 35.5. The number of halogens is 2. The van der Waals surface area contributed by atoms with Crippen LogP contribution in [0.15, 0.2) is 12.4 Å². The minimum atomic E-state index is 0.438. The van der Waals surface area contributed by atoms with Crippen molar-refractivity contribution >= 4 is 34.5 Å². The minimum absolute atomic E-state index is 0.438. The molecular formula is C6H4Cl2N4S. The molecule has 0 bridgehead atoms. The maximum absolute atomic E-state index is 5.69. The van der Waals surface area contributed by atoms with Crippen LogP contribution >= 0.6 is 34.5 Å². The van der Waals surface area contributed by atoms with Crippen LogP contribution in [0, 0.1) is 0 Å². The first-order chi connectivity index (χ1) is 6.24. The van der Waals surface area contributed by atoms with Gasteiger partial charge in [0, 0.05) is 6.20 Å². The van der Waals surface area contributed by atoms with E-state index in [1.807, 2.05) is 0 Å². The van der Waals surface area contributed by atoms with Crippen molar-refractivity contribution in [2.75, 3.05) is 0 Å². The van der Waals surface area contributed by atoms with E-state index in [0.29, 0.717) is 16.0 Å². The summed E-state index contributed by atoms with van der Waals surface area (Å²) in [6, 6.07) is 0. The van der Waals surface area contributed by atoms with E-state index in [-0.39, 0.29) is 0 Å². The van der Waals surface area contributed by atoms with Crippen LogP contribution in [0.5, 0.6) is 0 Å². The van der Waals surface area contributed by atoms with Crippen LogP contribution < -0.4 is 0 Å². The third kappa shape index (κ3) is 2.18. The zero-order chi connectivity index (χ0) is 9.26. The molecule has 0 radical (unpaired) electrons. The first kappa shape index (κ1) is 8.93.